The van der Waals surface area contributed by atoms with Crippen LogP contribution in [-0.4, -0.2) is 27.9 Å². The summed E-state index contributed by atoms with van der Waals surface area (Å²) in [6, 6.07) is 2.24. The molecule has 0 radical (unpaired) electrons. The molecule has 0 aliphatic heterocycles. The van der Waals surface area contributed by atoms with E-state index in [1.807, 2.05) is 36.1 Å². The summed E-state index contributed by atoms with van der Waals surface area (Å²) in [4.78, 5) is 7.65. The second-order valence-electron chi connectivity index (χ2n) is 4.05. The van der Waals surface area contributed by atoms with Gasteiger partial charge in [-0.25, -0.2) is 4.98 Å². The van der Waals surface area contributed by atoms with E-state index < -0.39 is 0 Å². The Morgan fingerprint density at radius 3 is 3.19 bits per heavy atom. The zero-order valence-corrected chi connectivity index (χ0v) is 10.2. The second kappa shape index (κ2) is 4.64. The van der Waals surface area contributed by atoms with Gasteiger partial charge in [-0.2, -0.15) is 5.26 Å². The number of hydrogen-bond acceptors (Lipinski definition) is 4. The molecule has 2 aromatic heterocycles. The number of fused-ring (bicyclic) bond motifs is 1. The highest BCUT2D eigenvalue weighted by molar-refractivity contribution is 7.15. The van der Waals surface area contributed by atoms with Crippen molar-refractivity contribution < 1.29 is 0 Å². The van der Waals surface area contributed by atoms with Crippen LogP contribution in [0.3, 0.4) is 0 Å². The molecule has 0 spiro atoms. The van der Waals surface area contributed by atoms with Crippen molar-refractivity contribution in [2.75, 3.05) is 13.6 Å². The number of aromatic nitrogens is 2. The maximum atomic E-state index is 8.74. The van der Waals surface area contributed by atoms with Crippen molar-refractivity contribution >= 4 is 16.3 Å². The van der Waals surface area contributed by atoms with E-state index in [1.54, 1.807) is 11.3 Å². The summed E-state index contributed by atoms with van der Waals surface area (Å²) in [5, 5.41) is 10.8. The number of nitrogens with zero attached hydrogens (tertiary/aromatic N) is 4. The molecule has 2 heterocycles. The summed E-state index contributed by atoms with van der Waals surface area (Å²) < 4.78 is 2.03. The van der Waals surface area contributed by atoms with Gasteiger partial charge in [-0.1, -0.05) is 0 Å². The van der Waals surface area contributed by atoms with Gasteiger partial charge in [0.05, 0.1) is 17.7 Å². The minimum Gasteiger partial charge on any atom is -0.299 e. The van der Waals surface area contributed by atoms with Crippen molar-refractivity contribution in [1.82, 2.24) is 14.3 Å². The molecule has 0 bridgehead atoms. The van der Waals surface area contributed by atoms with Crippen LogP contribution in [0.2, 0.25) is 0 Å². The molecular weight excluding hydrogens is 220 g/mol. The molecule has 0 aromatic carbocycles. The van der Waals surface area contributed by atoms with Crippen molar-refractivity contribution in [2.45, 2.75) is 13.5 Å². The lowest BCUT2D eigenvalue weighted by Gasteiger charge is -2.15. The first kappa shape index (κ1) is 11.1. The van der Waals surface area contributed by atoms with Crippen LogP contribution in [0.5, 0.6) is 0 Å². The zero-order chi connectivity index (χ0) is 11.5. The Morgan fingerprint density at radius 2 is 2.50 bits per heavy atom. The van der Waals surface area contributed by atoms with Crippen LogP contribution in [0.25, 0.3) is 4.96 Å². The second-order valence-corrected chi connectivity index (χ2v) is 4.93. The molecule has 0 saturated heterocycles. The summed E-state index contributed by atoms with van der Waals surface area (Å²) >= 11 is 1.63. The summed E-state index contributed by atoms with van der Waals surface area (Å²) in [5.74, 6) is 0.0636. The highest BCUT2D eigenvalue weighted by Crippen LogP contribution is 2.12. The van der Waals surface area contributed by atoms with E-state index in [0.29, 0.717) is 0 Å². The van der Waals surface area contributed by atoms with Crippen molar-refractivity contribution in [3.8, 4) is 6.07 Å². The van der Waals surface area contributed by atoms with Gasteiger partial charge in [-0.05, 0) is 14.0 Å². The highest BCUT2D eigenvalue weighted by atomic mass is 32.1. The summed E-state index contributed by atoms with van der Waals surface area (Å²) in [7, 11) is 2.02. The average molecular weight is 234 g/mol. The van der Waals surface area contributed by atoms with Crippen molar-refractivity contribution in [1.29, 1.82) is 5.26 Å². The first-order valence-electron chi connectivity index (χ1n) is 5.18. The maximum absolute atomic E-state index is 8.74. The lowest BCUT2D eigenvalue weighted by atomic mass is 10.2. The molecule has 1 atom stereocenters. The van der Waals surface area contributed by atoms with E-state index in [2.05, 4.69) is 16.0 Å². The lowest BCUT2D eigenvalue weighted by Crippen LogP contribution is -2.23. The van der Waals surface area contributed by atoms with Gasteiger partial charge in [0, 0.05) is 30.9 Å². The highest BCUT2D eigenvalue weighted by Gasteiger charge is 2.08. The average Bonchev–Trinajstić information content (AvgIpc) is 2.77. The van der Waals surface area contributed by atoms with Crippen molar-refractivity contribution in [2.24, 2.45) is 5.92 Å². The molecule has 0 amide bonds. The summed E-state index contributed by atoms with van der Waals surface area (Å²) in [6.45, 7) is 3.50. The number of nitriles is 1. The number of thiazole rings is 1. The molecule has 0 N–H and O–H groups in total. The van der Waals surface area contributed by atoms with Gasteiger partial charge >= 0.3 is 0 Å². The standard InChI is InChI=1S/C11H14N4S/c1-9(5-12)6-14(2)7-10-8-15-3-4-16-11(15)13-10/h3-4,8-9H,6-7H2,1-2H3. The van der Waals surface area contributed by atoms with Gasteiger partial charge in [-0.15, -0.1) is 11.3 Å². The zero-order valence-electron chi connectivity index (χ0n) is 9.42. The predicted octanol–water partition coefficient (Wildman–Crippen LogP) is 1.99. The van der Waals surface area contributed by atoms with Crippen LogP contribution >= 0.6 is 11.3 Å². The van der Waals surface area contributed by atoms with Gasteiger partial charge in [0.1, 0.15) is 0 Å². The Balaban J connectivity index is 1.99. The van der Waals surface area contributed by atoms with Crippen molar-refractivity contribution in [3.63, 3.8) is 0 Å². The maximum Gasteiger partial charge on any atom is 0.193 e. The summed E-state index contributed by atoms with van der Waals surface area (Å²) in [5.41, 5.74) is 1.06. The lowest BCUT2D eigenvalue weighted by molar-refractivity contribution is 0.300. The molecule has 16 heavy (non-hydrogen) atoms. The van der Waals surface area contributed by atoms with Crippen molar-refractivity contribution in [3.05, 3.63) is 23.5 Å². The van der Waals surface area contributed by atoms with Crippen LogP contribution in [0.15, 0.2) is 17.8 Å². The Labute approximate surface area is 98.8 Å². The molecular formula is C11H14N4S. The molecule has 2 rings (SSSR count). The fraction of sp³-hybridized carbons (Fsp3) is 0.455. The Morgan fingerprint density at radius 1 is 1.69 bits per heavy atom. The van der Waals surface area contributed by atoms with Crippen LogP contribution in [0.1, 0.15) is 12.6 Å². The van der Waals surface area contributed by atoms with Crippen LogP contribution in [0.4, 0.5) is 0 Å². The van der Waals surface area contributed by atoms with Gasteiger partial charge in [0.15, 0.2) is 4.96 Å². The number of rotatable bonds is 4. The topological polar surface area (TPSA) is 44.3 Å². The molecule has 0 saturated carbocycles. The molecule has 2 aromatic rings. The third-order valence-electron chi connectivity index (χ3n) is 2.38. The monoisotopic (exact) mass is 234 g/mol. The minimum absolute atomic E-state index is 0.0636. The van der Waals surface area contributed by atoms with Crippen LogP contribution in [0, 0.1) is 17.2 Å². The van der Waals surface area contributed by atoms with E-state index in [9.17, 15) is 0 Å². The van der Waals surface area contributed by atoms with E-state index in [-0.39, 0.29) is 5.92 Å². The SMILES string of the molecule is CC(C#N)CN(C)Cc1cn2ccsc2n1. The fourth-order valence-electron chi connectivity index (χ4n) is 1.70. The largest absolute Gasteiger partial charge is 0.299 e. The Hall–Kier alpha value is -1.38. The van der Waals surface area contributed by atoms with Crippen LogP contribution < -0.4 is 0 Å². The number of imidazole rings is 1. The van der Waals surface area contributed by atoms with E-state index in [0.717, 1.165) is 23.7 Å². The summed E-state index contributed by atoms with van der Waals surface area (Å²) in [6.07, 6.45) is 4.05. The molecule has 5 heteroatoms. The first-order chi connectivity index (χ1) is 7.69. The third-order valence-corrected chi connectivity index (χ3v) is 3.15. The van der Waals surface area contributed by atoms with Gasteiger partial charge < -0.3 is 0 Å². The Kier molecular flexibility index (Phi) is 3.22. The molecule has 1 unspecified atom stereocenters. The third kappa shape index (κ3) is 2.40. The number of hydrogen-bond donors (Lipinski definition) is 0. The van der Waals surface area contributed by atoms with Crippen LogP contribution in [-0.2, 0) is 6.54 Å². The first-order valence-corrected chi connectivity index (χ1v) is 6.06. The van der Waals surface area contributed by atoms with Gasteiger partial charge in [0.25, 0.3) is 0 Å². The quantitative estimate of drug-likeness (QED) is 0.812. The molecule has 4 nitrogen and oxygen atoms in total. The molecule has 0 aliphatic carbocycles. The molecule has 0 fully saturated rings. The predicted molar refractivity (Wildman–Crippen MR) is 64.2 cm³/mol. The van der Waals surface area contributed by atoms with E-state index in [1.165, 1.54) is 0 Å². The van der Waals surface area contributed by atoms with Gasteiger partial charge in [-0.3, -0.25) is 9.30 Å². The fourth-order valence-corrected chi connectivity index (χ4v) is 2.42. The normalized spacial score (nSPS) is 13.1. The minimum atomic E-state index is 0.0636. The smallest absolute Gasteiger partial charge is 0.193 e. The Bertz CT molecular complexity index is 479. The molecule has 84 valence electrons. The van der Waals surface area contributed by atoms with Gasteiger partial charge in [0.2, 0.25) is 0 Å². The van der Waals surface area contributed by atoms with E-state index >= 15 is 0 Å². The van der Waals surface area contributed by atoms with E-state index in [4.69, 9.17) is 5.26 Å². The molecule has 0 aliphatic rings.